The van der Waals surface area contributed by atoms with Crippen molar-refractivity contribution in [2.24, 2.45) is 5.73 Å². The van der Waals surface area contributed by atoms with Crippen molar-refractivity contribution in [2.75, 3.05) is 6.54 Å². The quantitative estimate of drug-likeness (QED) is 0.849. The van der Waals surface area contributed by atoms with Crippen LogP contribution in [0.4, 0.5) is 8.78 Å². The van der Waals surface area contributed by atoms with Crippen molar-refractivity contribution in [1.82, 2.24) is 9.78 Å². The molecule has 0 unspecified atom stereocenters. The van der Waals surface area contributed by atoms with E-state index in [4.69, 9.17) is 17.3 Å². The van der Waals surface area contributed by atoms with Crippen molar-refractivity contribution in [1.29, 1.82) is 0 Å². The highest BCUT2D eigenvalue weighted by molar-refractivity contribution is 6.31. The molecule has 0 saturated carbocycles. The van der Waals surface area contributed by atoms with Crippen LogP contribution in [-0.4, -0.2) is 22.2 Å². The van der Waals surface area contributed by atoms with Crippen molar-refractivity contribution in [2.45, 2.75) is 26.3 Å². The zero-order chi connectivity index (χ0) is 10.9. The number of nitrogens with zero attached hydrogens (tertiary/aromatic N) is 2. The molecule has 0 aromatic carbocycles. The van der Waals surface area contributed by atoms with Gasteiger partial charge in [-0.3, -0.25) is 4.68 Å². The number of hydrogen-bond donors (Lipinski definition) is 1. The highest BCUT2D eigenvalue weighted by Crippen LogP contribution is 2.22. The van der Waals surface area contributed by atoms with Crippen LogP contribution in [0.3, 0.4) is 0 Å². The molecule has 0 aliphatic heterocycles. The van der Waals surface area contributed by atoms with Crippen molar-refractivity contribution in [3.63, 3.8) is 0 Å². The minimum absolute atomic E-state index is 0.429. The maximum absolute atomic E-state index is 12.9. The van der Waals surface area contributed by atoms with Crippen molar-refractivity contribution >= 4 is 11.6 Å². The molecule has 0 bridgehead atoms. The van der Waals surface area contributed by atoms with Crippen LogP contribution in [0.25, 0.3) is 0 Å². The van der Waals surface area contributed by atoms with Crippen molar-refractivity contribution in [3.05, 3.63) is 16.4 Å². The van der Waals surface area contributed by atoms with Gasteiger partial charge in [-0.15, -0.1) is 0 Å². The molecule has 0 saturated heterocycles. The fraction of sp³-hybridized carbons (Fsp3) is 0.625. The Morgan fingerprint density at radius 1 is 1.50 bits per heavy atom. The minimum atomic E-state index is -2.94. The summed E-state index contributed by atoms with van der Waals surface area (Å²) in [5.41, 5.74) is 6.02. The van der Waals surface area contributed by atoms with Crippen LogP contribution in [0.15, 0.2) is 0 Å². The van der Waals surface area contributed by atoms with E-state index in [1.807, 2.05) is 0 Å². The lowest BCUT2D eigenvalue weighted by molar-refractivity contribution is -0.0104. The third kappa shape index (κ3) is 2.22. The smallest absolute Gasteiger partial charge is 0.279 e. The lowest BCUT2D eigenvalue weighted by Gasteiger charge is -2.14. The first-order valence-electron chi connectivity index (χ1n) is 4.15. The summed E-state index contributed by atoms with van der Waals surface area (Å²) < 4.78 is 27.0. The minimum Gasteiger partial charge on any atom is -0.325 e. The van der Waals surface area contributed by atoms with E-state index in [0.29, 0.717) is 16.4 Å². The SMILES string of the molecule is Cc1nn(CC(F)(F)CN)c(C)c1Cl. The third-order valence-corrected chi connectivity index (χ3v) is 2.52. The van der Waals surface area contributed by atoms with Gasteiger partial charge in [-0.25, -0.2) is 8.78 Å². The van der Waals surface area contributed by atoms with Crippen LogP contribution in [0.5, 0.6) is 0 Å². The second-order valence-corrected chi connectivity index (χ2v) is 3.58. The standard InChI is InChI=1S/C8H12ClF2N3/c1-5-7(9)6(2)14(13-5)4-8(10,11)3-12/h3-4,12H2,1-2H3. The van der Waals surface area contributed by atoms with E-state index >= 15 is 0 Å². The van der Waals surface area contributed by atoms with Crippen LogP contribution in [-0.2, 0) is 6.54 Å². The van der Waals surface area contributed by atoms with Gasteiger partial charge in [0.05, 0.1) is 23.0 Å². The van der Waals surface area contributed by atoms with E-state index in [0.717, 1.165) is 0 Å². The zero-order valence-corrected chi connectivity index (χ0v) is 8.78. The Morgan fingerprint density at radius 2 is 2.07 bits per heavy atom. The molecule has 14 heavy (non-hydrogen) atoms. The molecule has 1 heterocycles. The van der Waals surface area contributed by atoms with E-state index in [2.05, 4.69) is 5.10 Å². The fourth-order valence-corrected chi connectivity index (χ4v) is 1.25. The van der Waals surface area contributed by atoms with Crippen LogP contribution in [0.1, 0.15) is 11.4 Å². The van der Waals surface area contributed by atoms with Crippen molar-refractivity contribution in [3.8, 4) is 0 Å². The number of aromatic nitrogens is 2. The molecule has 0 fully saturated rings. The maximum atomic E-state index is 12.9. The Bertz CT molecular complexity index is 336. The van der Waals surface area contributed by atoms with Gasteiger partial charge < -0.3 is 5.73 Å². The average Bonchev–Trinajstić information content (AvgIpc) is 2.33. The number of aryl methyl sites for hydroxylation is 1. The van der Waals surface area contributed by atoms with E-state index < -0.39 is 19.0 Å². The largest absolute Gasteiger partial charge is 0.325 e. The van der Waals surface area contributed by atoms with Crippen LogP contribution >= 0.6 is 11.6 Å². The molecule has 0 spiro atoms. The van der Waals surface area contributed by atoms with Gasteiger partial charge in [-0.05, 0) is 13.8 Å². The number of halogens is 3. The molecule has 3 nitrogen and oxygen atoms in total. The highest BCUT2D eigenvalue weighted by atomic mass is 35.5. The Morgan fingerprint density at radius 3 is 2.43 bits per heavy atom. The average molecular weight is 224 g/mol. The Kier molecular flexibility index (Phi) is 3.11. The molecule has 0 radical (unpaired) electrons. The topological polar surface area (TPSA) is 43.8 Å². The summed E-state index contributed by atoms with van der Waals surface area (Å²) in [4.78, 5) is 0. The highest BCUT2D eigenvalue weighted by Gasteiger charge is 2.29. The van der Waals surface area contributed by atoms with Crippen LogP contribution in [0.2, 0.25) is 5.02 Å². The number of nitrogens with two attached hydrogens (primary N) is 1. The first-order chi connectivity index (χ1) is 6.37. The molecule has 1 rings (SSSR count). The molecule has 80 valence electrons. The summed E-state index contributed by atoms with van der Waals surface area (Å²) >= 11 is 5.81. The first-order valence-corrected chi connectivity index (χ1v) is 4.52. The molecule has 0 aliphatic rings. The second kappa shape index (κ2) is 3.82. The summed E-state index contributed by atoms with van der Waals surface area (Å²) in [6, 6.07) is 0. The molecule has 6 heteroatoms. The normalized spacial score (nSPS) is 12.1. The summed E-state index contributed by atoms with van der Waals surface area (Å²) in [5.74, 6) is -2.94. The van der Waals surface area contributed by atoms with Gasteiger partial charge >= 0.3 is 0 Å². The third-order valence-electron chi connectivity index (χ3n) is 1.97. The molecule has 1 aromatic heterocycles. The number of alkyl halides is 2. The maximum Gasteiger partial charge on any atom is 0.279 e. The predicted molar refractivity (Wildman–Crippen MR) is 50.7 cm³/mol. The lowest BCUT2D eigenvalue weighted by atomic mass is 10.3. The van der Waals surface area contributed by atoms with Gasteiger partial charge in [-0.1, -0.05) is 11.6 Å². The fourth-order valence-electron chi connectivity index (χ4n) is 1.11. The van der Waals surface area contributed by atoms with Gasteiger partial charge in [-0.2, -0.15) is 5.10 Å². The first kappa shape index (κ1) is 11.4. The lowest BCUT2D eigenvalue weighted by Crippen LogP contribution is -2.33. The Hall–Kier alpha value is -0.680. The monoisotopic (exact) mass is 223 g/mol. The molecular formula is C8H12ClF2N3. The Balaban J connectivity index is 2.93. The number of rotatable bonds is 3. The summed E-state index contributed by atoms with van der Waals surface area (Å²) in [5, 5.41) is 4.32. The van der Waals surface area contributed by atoms with Gasteiger partial charge in [0, 0.05) is 0 Å². The van der Waals surface area contributed by atoms with E-state index in [1.54, 1.807) is 13.8 Å². The molecule has 0 amide bonds. The predicted octanol–water partition coefficient (Wildman–Crippen LogP) is 1.75. The van der Waals surface area contributed by atoms with Gasteiger partial charge in [0.2, 0.25) is 0 Å². The molecule has 0 aliphatic carbocycles. The van der Waals surface area contributed by atoms with Crippen LogP contribution < -0.4 is 5.73 Å². The summed E-state index contributed by atoms with van der Waals surface area (Å²) in [6.45, 7) is 2.10. The summed E-state index contributed by atoms with van der Waals surface area (Å²) in [7, 11) is 0. The molecule has 0 atom stereocenters. The Labute approximate surface area is 85.8 Å². The zero-order valence-electron chi connectivity index (χ0n) is 8.02. The molecule has 1 aromatic rings. The van der Waals surface area contributed by atoms with Gasteiger partial charge in [0.25, 0.3) is 5.92 Å². The summed E-state index contributed by atoms with van der Waals surface area (Å²) in [6.07, 6.45) is 0. The number of hydrogen-bond acceptors (Lipinski definition) is 2. The molecule has 2 N–H and O–H groups in total. The van der Waals surface area contributed by atoms with Gasteiger partial charge in [0.1, 0.15) is 6.54 Å². The van der Waals surface area contributed by atoms with Gasteiger partial charge in [0.15, 0.2) is 0 Å². The van der Waals surface area contributed by atoms with Crippen molar-refractivity contribution < 1.29 is 8.78 Å². The molecular weight excluding hydrogens is 212 g/mol. The van der Waals surface area contributed by atoms with E-state index in [9.17, 15) is 8.78 Å². The van der Waals surface area contributed by atoms with E-state index in [-0.39, 0.29) is 0 Å². The van der Waals surface area contributed by atoms with Crippen LogP contribution in [0, 0.1) is 13.8 Å². The second-order valence-electron chi connectivity index (χ2n) is 3.20. The van der Waals surface area contributed by atoms with E-state index in [1.165, 1.54) is 4.68 Å².